The van der Waals surface area contributed by atoms with Gasteiger partial charge in [0.25, 0.3) is 0 Å². The predicted octanol–water partition coefficient (Wildman–Crippen LogP) is 3.74. The Morgan fingerprint density at radius 3 is 2.34 bits per heavy atom. The zero-order valence-electron chi connectivity index (χ0n) is 16.7. The lowest BCUT2D eigenvalue weighted by molar-refractivity contribution is -0.120. The third-order valence-electron chi connectivity index (χ3n) is 4.84. The van der Waals surface area contributed by atoms with E-state index in [2.05, 4.69) is 17.4 Å². The van der Waals surface area contributed by atoms with E-state index in [9.17, 15) is 13.2 Å². The van der Waals surface area contributed by atoms with Crippen LogP contribution < -0.4 is 9.62 Å². The number of hydrogen-bond acceptors (Lipinski definition) is 3. The quantitative estimate of drug-likeness (QED) is 0.615. The van der Waals surface area contributed by atoms with E-state index in [0.717, 1.165) is 29.9 Å². The molecule has 0 spiro atoms. The molecule has 0 aliphatic carbocycles. The molecule has 1 atom stereocenters. The van der Waals surface area contributed by atoms with Crippen LogP contribution in [-0.2, 0) is 21.2 Å². The standard InChI is InChI=1S/C23H26N2O3S/c1-18(15-16-19-9-4-3-5-10-19)24-23(26)17-25(29(2,27)28)22-14-8-12-20-11-6-7-13-21(20)22/h3-14,18H,15-17H2,1-2H3,(H,24,26). The number of benzene rings is 3. The van der Waals surface area contributed by atoms with Crippen LogP contribution in [0.25, 0.3) is 10.8 Å². The number of aryl methyl sites for hydroxylation is 1. The van der Waals surface area contributed by atoms with Crippen LogP contribution in [0.4, 0.5) is 5.69 Å². The van der Waals surface area contributed by atoms with Crippen molar-refractivity contribution in [2.45, 2.75) is 25.8 Å². The van der Waals surface area contributed by atoms with Crippen molar-refractivity contribution in [2.24, 2.45) is 0 Å². The Hall–Kier alpha value is -2.86. The van der Waals surface area contributed by atoms with Crippen LogP contribution in [0.15, 0.2) is 72.8 Å². The molecule has 152 valence electrons. The Morgan fingerprint density at radius 2 is 1.62 bits per heavy atom. The number of anilines is 1. The smallest absolute Gasteiger partial charge is 0.240 e. The second-order valence-electron chi connectivity index (χ2n) is 7.26. The first-order chi connectivity index (χ1) is 13.8. The fourth-order valence-electron chi connectivity index (χ4n) is 3.36. The summed E-state index contributed by atoms with van der Waals surface area (Å²) >= 11 is 0. The summed E-state index contributed by atoms with van der Waals surface area (Å²) in [4.78, 5) is 12.6. The van der Waals surface area contributed by atoms with Crippen molar-refractivity contribution in [1.82, 2.24) is 5.32 Å². The molecule has 1 unspecified atom stereocenters. The van der Waals surface area contributed by atoms with Gasteiger partial charge in [-0.15, -0.1) is 0 Å². The van der Waals surface area contributed by atoms with Gasteiger partial charge >= 0.3 is 0 Å². The van der Waals surface area contributed by atoms with Crippen LogP contribution in [0.1, 0.15) is 18.9 Å². The molecule has 0 saturated carbocycles. The van der Waals surface area contributed by atoms with E-state index in [4.69, 9.17) is 0 Å². The maximum Gasteiger partial charge on any atom is 0.240 e. The second kappa shape index (κ2) is 9.09. The number of sulfonamides is 1. The van der Waals surface area contributed by atoms with Gasteiger partial charge in [-0.25, -0.2) is 8.42 Å². The SMILES string of the molecule is CC(CCc1ccccc1)NC(=O)CN(c1cccc2ccccc12)S(C)(=O)=O. The number of amides is 1. The molecule has 3 aromatic carbocycles. The summed E-state index contributed by atoms with van der Waals surface area (Å²) in [6.07, 6.45) is 2.76. The third-order valence-corrected chi connectivity index (χ3v) is 5.97. The minimum atomic E-state index is -3.62. The van der Waals surface area contributed by atoms with E-state index in [1.165, 1.54) is 9.87 Å². The van der Waals surface area contributed by atoms with E-state index >= 15 is 0 Å². The molecule has 3 rings (SSSR count). The van der Waals surface area contributed by atoms with Gasteiger partial charge < -0.3 is 5.32 Å². The maximum absolute atomic E-state index is 12.6. The monoisotopic (exact) mass is 410 g/mol. The highest BCUT2D eigenvalue weighted by atomic mass is 32.2. The van der Waals surface area contributed by atoms with Crippen molar-refractivity contribution in [2.75, 3.05) is 17.1 Å². The van der Waals surface area contributed by atoms with Gasteiger partial charge in [0.2, 0.25) is 15.9 Å². The van der Waals surface area contributed by atoms with Crippen molar-refractivity contribution < 1.29 is 13.2 Å². The molecule has 0 radical (unpaired) electrons. The summed E-state index contributed by atoms with van der Waals surface area (Å²) in [5.74, 6) is -0.316. The van der Waals surface area contributed by atoms with E-state index < -0.39 is 10.0 Å². The van der Waals surface area contributed by atoms with Crippen LogP contribution in [0, 0.1) is 0 Å². The summed E-state index contributed by atoms with van der Waals surface area (Å²) in [5.41, 5.74) is 1.72. The van der Waals surface area contributed by atoms with Gasteiger partial charge in [-0.2, -0.15) is 0 Å². The highest BCUT2D eigenvalue weighted by Gasteiger charge is 2.23. The summed E-state index contributed by atoms with van der Waals surface area (Å²) in [6.45, 7) is 1.69. The van der Waals surface area contributed by atoms with E-state index in [1.54, 1.807) is 12.1 Å². The Bertz CT molecular complexity index is 1080. The molecule has 29 heavy (non-hydrogen) atoms. The highest BCUT2D eigenvalue weighted by molar-refractivity contribution is 7.92. The first kappa shape index (κ1) is 20.9. The number of carbonyl (C=O) groups excluding carboxylic acids is 1. The van der Waals surface area contributed by atoms with Crippen molar-refractivity contribution in [3.8, 4) is 0 Å². The van der Waals surface area contributed by atoms with Gasteiger partial charge in [-0.1, -0.05) is 66.7 Å². The molecule has 0 saturated heterocycles. The maximum atomic E-state index is 12.6. The zero-order valence-corrected chi connectivity index (χ0v) is 17.5. The Morgan fingerprint density at radius 1 is 0.966 bits per heavy atom. The van der Waals surface area contributed by atoms with Crippen LogP contribution >= 0.6 is 0 Å². The molecule has 0 fully saturated rings. The molecular formula is C23H26N2O3S. The fourth-order valence-corrected chi connectivity index (χ4v) is 4.23. The van der Waals surface area contributed by atoms with E-state index in [0.29, 0.717) is 5.69 Å². The minimum absolute atomic E-state index is 0.0587. The number of hydrogen-bond donors (Lipinski definition) is 1. The summed E-state index contributed by atoms with van der Waals surface area (Å²) < 4.78 is 26.1. The van der Waals surface area contributed by atoms with E-state index in [1.807, 2.05) is 55.5 Å². The van der Waals surface area contributed by atoms with Gasteiger partial charge in [0.15, 0.2) is 0 Å². The summed E-state index contributed by atoms with van der Waals surface area (Å²) in [5, 5.41) is 4.65. The Kier molecular flexibility index (Phi) is 6.54. The minimum Gasteiger partial charge on any atom is -0.352 e. The molecule has 0 bridgehead atoms. The summed E-state index contributed by atoms with van der Waals surface area (Å²) in [7, 11) is -3.62. The van der Waals surface area contributed by atoms with Gasteiger partial charge in [0, 0.05) is 11.4 Å². The Balaban J connectivity index is 1.71. The average Bonchev–Trinajstić information content (AvgIpc) is 2.70. The molecule has 1 N–H and O–H groups in total. The largest absolute Gasteiger partial charge is 0.352 e. The third kappa shape index (κ3) is 5.57. The first-order valence-corrected chi connectivity index (χ1v) is 11.5. The van der Waals surface area contributed by atoms with Crippen LogP contribution in [0.2, 0.25) is 0 Å². The van der Waals surface area contributed by atoms with Gasteiger partial charge in [0.1, 0.15) is 6.54 Å². The van der Waals surface area contributed by atoms with Gasteiger partial charge in [0.05, 0.1) is 11.9 Å². The normalized spacial score (nSPS) is 12.5. The molecule has 5 nitrogen and oxygen atoms in total. The lowest BCUT2D eigenvalue weighted by atomic mass is 10.1. The number of rotatable bonds is 8. The van der Waals surface area contributed by atoms with Crippen LogP contribution in [-0.4, -0.2) is 33.2 Å². The molecule has 0 aromatic heterocycles. The first-order valence-electron chi connectivity index (χ1n) is 9.63. The van der Waals surface area contributed by atoms with Gasteiger partial charge in [-0.05, 0) is 36.8 Å². The molecule has 0 aliphatic rings. The number of nitrogens with one attached hydrogen (secondary N) is 1. The summed E-state index contributed by atoms with van der Waals surface area (Å²) in [6, 6.07) is 23.0. The molecule has 1 amide bonds. The van der Waals surface area contributed by atoms with Crippen molar-refractivity contribution in [3.63, 3.8) is 0 Å². The lowest BCUT2D eigenvalue weighted by Gasteiger charge is -2.24. The van der Waals surface area contributed by atoms with Gasteiger partial charge in [-0.3, -0.25) is 9.10 Å². The van der Waals surface area contributed by atoms with E-state index in [-0.39, 0.29) is 18.5 Å². The number of nitrogens with zero attached hydrogens (tertiary/aromatic N) is 1. The topological polar surface area (TPSA) is 66.5 Å². The van der Waals surface area contributed by atoms with Crippen molar-refractivity contribution in [3.05, 3.63) is 78.4 Å². The Labute approximate surface area is 172 Å². The molecular weight excluding hydrogens is 384 g/mol. The molecule has 0 heterocycles. The lowest BCUT2D eigenvalue weighted by Crippen LogP contribution is -2.43. The fraction of sp³-hybridized carbons (Fsp3) is 0.261. The number of carbonyl (C=O) groups is 1. The van der Waals surface area contributed by atoms with Crippen LogP contribution in [0.5, 0.6) is 0 Å². The van der Waals surface area contributed by atoms with Crippen molar-refractivity contribution >= 4 is 32.4 Å². The number of fused-ring (bicyclic) bond motifs is 1. The zero-order chi connectivity index (χ0) is 20.9. The average molecular weight is 411 g/mol. The molecule has 0 aliphatic heterocycles. The molecule has 3 aromatic rings. The van der Waals surface area contributed by atoms with Crippen molar-refractivity contribution in [1.29, 1.82) is 0 Å². The second-order valence-corrected chi connectivity index (χ2v) is 9.17. The predicted molar refractivity (Wildman–Crippen MR) is 119 cm³/mol. The highest BCUT2D eigenvalue weighted by Crippen LogP contribution is 2.28. The van der Waals surface area contributed by atoms with Crippen LogP contribution in [0.3, 0.4) is 0 Å². The molecule has 6 heteroatoms.